The summed E-state index contributed by atoms with van der Waals surface area (Å²) in [6, 6.07) is 5.45. The zero-order valence-corrected chi connectivity index (χ0v) is 15.6. The van der Waals surface area contributed by atoms with Crippen LogP contribution in [0.4, 0.5) is 0 Å². The Labute approximate surface area is 158 Å². The number of likely N-dealkylation sites (tertiary alicyclic amines) is 1. The number of carbonyl (C=O) groups excluding carboxylic acids is 4. The van der Waals surface area contributed by atoms with Crippen LogP contribution in [0.25, 0.3) is 0 Å². The molecule has 3 rings (SSSR count). The number of hydrogen-bond acceptors (Lipinski definition) is 5. The van der Waals surface area contributed by atoms with E-state index in [-0.39, 0.29) is 49.0 Å². The van der Waals surface area contributed by atoms with Crippen LogP contribution in [0.1, 0.15) is 40.7 Å². The summed E-state index contributed by atoms with van der Waals surface area (Å²) >= 11 is 0. The number of nitrogens with zero attached hydrogens (tertiary/aromatic N) is 1. The van der Waals surface area contributed by atoms with Gasteiger partial charge in [-0.2, -0.15) is 0 Å². The fraction of sp³-hybridized carbons (Fsp3) is 0.429. The van der Waals surface area contributed by atoms with Crippen molar-refractivity contribution >= 4 is 23.6 Å². The first-order valence-corrected chi connectivity index (χ1v) is 9.14. The molecule has 2 atom stereocenters. The lowest BCUT2D eigenvalue weighted by molar-refractivity contribution is -0.145. The van der Waals surface area contributed by atoms with Crippen LogP contribution in [0, 0.1) is 25.7 Å². The molecule has 1 aromatic carbocycles. The Kier molecular flexibility index (Phi) is 5.54. The third kappa shape index (κ3) is 3.99. The van der Waals surface area contributed by atoms with E-state index in [1.807, 2.05) is 38.1 Å². The monoisotopic (exact) mass is 369 g/mol. The van der Waals surface area contributed by atoms with E-state index in [4.69, 9.17) is 4.74 Å². The topological polar surface area (TPSA) is 80.8 Å². The summed E-state index contributed by atoms with van der Waals surface area (Å²) in [5, 5.41) is 0. The Hall–Kier alpha value is -2.76. The molecule has 27 heavy (non-hydrogen) atoms. The maximum Gasteiger partial charge on any atom is 0.308 e. The average Bonchev–Trinajstić information content (AvgIpc) is 2.89. The molecular formula is C21H23NO5. The molecule has 0 radical (unpaired) electrons. The number of ketones is 1. The summed E-state index contributed by atoms with van der Waals surface area (Å²) in [6.45, 7) is 3.43. The molecule has 1 aromatic rings. The van der Waals surface area contributed by atoms with Gasteiger partial charge in [-0.15, -0.1) is 0 Å². The second kappa shape index (κ2) is 7.86. The number of esters is 1. The largest absolute Gasteiger partial charge is 0.457 e. The summed E-state index contributed by atoms with van der Waals surface area (Å²) < 4.78 is 5.04. The van der Waals surface area contributed by atoms with Crippen LogP contribution < -0.4 is 0 Å². The summed E-state index contributed by atoms with van der Waals surface area (Å²) in [4.78, 5) is 50.0. The van der Waals surface area contributed by atoms with Gasteiger partial charge < -0.3 is 4.74 Å². The SMILES string of the molecule is Cc1ccc(C(=O)COC(=O)CCN2C(=O)[C@@H]3CC=CC[C@H]3C2=O)c(C)c1. The van der Waals surface area contributed by atoms with Gasteiger partial charge in [-0.3, -0.25) is 24.1 Å². The van der Waals surface area contributed by atoms with E-state index in [1.165, 1.54) is 0 Å². The van der Waals surface area contributed by atoms with Gasteiger partial charge in [0, 0.05) is 12.1 Å². The van der Waals surface area contributed by atoms with Crippen molar-refractivity contribution in [2.75, 3.05) is 13.2 Å². The maximum absolute atomic E-state index is 12.3. The number of aryl methyl sites for hydroxylation is 2. The third-order valence-electron chi connectivity index (χ3n) is 5.18. The van der Waals surface area contributed by atoms with Gasteiger partial charge in [0.2, 0.25) is 17.6 Å². The van der Waals surface area contributed by atoms with Gasteiger partial charge >= 0.3 is 5.97 Å². The molecule has 142 valence electrons. The first kappa shape index (κ1) is 19.0. The molecule has 1 aliphatic carbocycles. The van der Waals surface area contributed by atoms with Crippen molar-refractivity contribution in [2.24, 2.45) is 11.8 Å². The lowest BCUT2D eigenvalue weighted by Gasteiger charge is -2.14. The molecule has 1 saturated heterocycles. The van der Waals surface area contributed by atoms with Crippen molar-refractivity contribution in [2.45, 2.75) is 33.1 Å². The zero-order valence-electron chi connectivity index (χ0n) is 15.6. The molecule has 0 saturated carbocycles. The lowest BCUT2D eigenvalue weighted by Crippen LogP contribution is -2.33. The number of ether oxygens (including phenoxy) is 1. The van der Waals surface area contributed by atoms with Crippen molar-refractivity contribution in [3.8, 4) is 0 Å². The number of imide groups is 1. The number of carbonyl (C=O) groups is 4. The van der Waals surface area contributed by atoms with Crippen LogP contribution in [-0.4, -0.2) is 41.6 Å². The van der Waals surface area contributed by atoms with Crippen molar-refractivity contribution in [1.82, 2.24) is 4.90 Å². The second-order valence-corrected chi connectivity index (χ2v) is 7.14. The van der Waals surface area contributed by atoms with Gasteiger partial charge in [0.05, 0.1) is 18.3 Å². The molecule has 0 bridgehead atoms. The van der Waals surface area contributed by atoms with Crippen molar-refractivity contribution in [1.29, 1.82) is 0 Å². The summed E-state index contributed by atoms with van der Waals surface area (Å²) in [7, 11) is 0. The minimum absolute atomic E-state index is 0.00124. The Morgan fingerprint density at radius 3 is 2.30 bits per heavy atom. The fourth-order valence-electron chi connectivity index (χ4n) is 3.71. The van der Waals surface area contributed by atoms with Crippen LogP contribution >= 0.6 is 0 Å². The van der Waals surface area contributed by atoms with Crippen LogP contribution in [0.15, 0.2) is 30.4 Å². The number of benzene rings is 1. The zero-order chi connectivity index (χ0) is 19.6. The molecule has 6 nitrogen and oxygen atoms in total. The van der Waals surface area contributed by atoms with Gasteiger partial charge in [0.1, 0.15) is 0 Å². The van der Waals surface area contributed by atoms with Crippen molar-refractivity contribution in [3.63, 3.8) is 0 Å². The number of allylic oxidation sites excluding steroid dienone is 2. The third-order valence-corrected chi connectivity index (χ3v) is 5.18. The number of amides is 2. The van der Waals surface area contributed by atoms with E-state index < -0.39 is 5.97 Å². The Bertz CT molecular complexity index is 800. The predicted octanol–water partition coefficient (Wildman–Crippen LogP) is 2.37. The molecule has 1 aliphatic heterocycles. The minimum atomic E-state index is -0.596. The van der Waals surface area contributed by atoms with Gasteiger partial charge in [-0.05, 0) is 32.3 Å². The Morgan fingerprint density at radius 2 is 1.70 bits per heavy atom. The normalized spacial score (nSPS) is 21.3. The smallest absolute Gasteiger partial charge is 0.308 e. The van der Waals surface area contributed by atoms with E-state index in [2.05, 4.69) is 0 Å². The van der Waals surface area contributed by atoms with Gasteiger partial charge in [-0.25, -0.2) is 0 Å². The lowest BCUT2D eigenvalue weighted by atomic mass is 9.85. The van der Waals surface area contributed by atoms with Crippen molar-refractivity contribution in [3.05, 3.63) is 47.0 Å². The van der Waals surface area contributed by atoms with Gasteiger partial charge in [0.25, 0.3) is 0 Å². The van der Waals surface area contributed by atoms with E-state index in [0.29, 0.717) is 18.4 Å². The first-order valence-electron chi connectivity index (χ1n) is 9.14. The van der Waals surface area contributed by atoms with Crippen LogP contribution in [0.5, 0.6) is 0 Å². The maximum atomic E-state index is 12.3. The Balaban J connectivity index is 1.49. The number of rotatable bonds is 6. The molecule has 0 aromatic heterocycles. The van der Waals surface area contributed by atoms with E-state index in [1.54, 1.807) is 6.07 Å². The second-order valence-electron chi connectivity index (χ2n) is 7.14. The number of fused-ring (bicyclic) bond motifs is 1. The quantitative estimate of drug-likeness (QED) is 0.333. The summed E-state index contributed by atoms with van der Waals surface area (Å²) in [5.74, 6) is -1.90. The standard InChI is InChI=1S/C21H23NO5/c1-13-7-8-15(14(2)11-13)18(23)12-27-19(24)9-10-22-20(25)16-5-3-4-6-17(16)21(22)26/h3-4,7-8,11,16-17H,5-6,9-10,12H2,1-2H3/t16-,17-/m1/s1. The average molecular weight is 369 g/mol. The molecule has 2 aliphatic rings. The van der Waals surface area contributed by atoms with E-state index in [0.717, 1.165) is 16.0 Å². The van der Waals surface area contributed by atoms with Gasteiger partial charge in [0.15, 0.2) is 6.61 Å². The number of hydrogen-bond donors (Lipinski definition) is 0. The highest BCUT2D eigenvalue weighted by Gasteiger charge is 2.46. The molecule has 1 heterocycles. The highest BCUT2D eigenvalue weighted by molar-refractivity contribution is 6.05. The summed E-state index contributed by atoms with van der Waals surface area (Å²) in [6.07, 6.45) is 4.87. The molecule has 0 unspecified atom stereocenters. The molecule has 0 spiro atoms. The van der Waals surface area contributed by atoms with E-state index in [9.17, 15) is 19.2 Å². The molecular weight excluding hydrogens is 346 g/mol. The first-order chi connectivity index (χ1) is 12.9. The molecule has 1 fully saturated rings. The van der Waals surface area contributed by atoms with Crippen LogP contribution in [0.3, 0.4) is 0 Å². The minimum Gasteiger partial charge on any atom is -0.457 e. The molecule has 2 amide bonds. The highest BCUT2D eigenvalue weighted by atomic mass is 16.5. The number of Topliss-reactive ketones (excluding diaryl/α,β-unsaturated/α-hetero) is 1. The Morgan fingerprint density at radius 1 is 1.07 bits per heavy atom. The van der Waals surface area contributed by atoms with Gasteiger partial charge in [-0.1, -0.05) is 35.9 Å². The van der Waals surface area contributed by atoms with Crippen LogP contribution in [0.2, 0.25) is 0 Å². The fourth-order valence-corrected chi connectivity index (χ4v) is 3.71. The molecule has 0 N–H and O–H groups in total. The van der Waals surface area contributed by atoms with Crippen molar-refractivity contribution < 1.29 is 23.9 Å². The summed E-state index contributed by atoms with van der Waals surface area (Å²) in [5.41, 5.74) is 2.41. The van der Waals surface area contributed by atoms with E-state index >= 15 is 0 Å². The van der Waals surface area contributed by atoms with Crippen LogP contribution in [-0.2, 0) is 19.1 Å². The predicted molar refractivity (Wildman–Crippen MR) is 97.9 cm³/mol. The highest BCUT2D eigenvalue weighted by Crippen LogP contribution is 2.35. The molecule has 6 heteroatoms.